The van der Waals surface area contributed by atoms with Gasteiger partial charge in [0.1, 0.15) is 11.4 Å². The predicted molar refractivity (Wildman–Crippen MR) is 68.8 cm³/mol. The molecule has 3 nitrogen and oxygen atoms in total. The van der Waals surface area contributed by atoms with Crippen LogP contribution in [0.4, 0.5) is 0 Å². The van der Waals surface area contributed by atoms with Crippen LogP contribution in [0.5, 0.6) is 0 Å². The van der Waals surface area contributed by atoms with Gasteiger partial charge in [-0.1, -0.05) is 37.3 Å². The fraction of sp³-hybridized carbons (Fsp3) is 0.400. The molecular formula is C15H18O3. The van der Waals surface area contributed by atoms with Gasteiger partial charge in [-0.2, -0.15) is 0 Å². The molecule has 1 aliphatic heterocycles. The maximum absolute atomic E-state index is 11.7. The van der Waals surface area contributed by atoms with Crippen LogP contribution in [0.15, 0.2) is 42.2 Å². The summed E-state index contributed by atoms with van der Waals surface area (Å²) in [6, 6.07) is 9.85. The van der Waals surface area contributed by atoms with Gasteiger partial charge < -0.3 is 9.47 Å². The van der Waals surface area contributed by atoms with Crippen molar-refractivity contribution in [2.75, 3.05) is 6.61 Å². The molecular weight excluding hydrogens is 228 g/mol. The molecule has 0 bridgehead atoms. The standard InChI is InChI=1S/C15H18O3/c1-3-15(12-8-6-5-7-9-12)11-13(17-4-2)10-14(16)18-15/h5-10H,3-4,11H2,1-2H3. The zero-order chi connectivity index (χ0) is 13.0. The quantitative estimate of drug-likeness (QED) is 0.765. The van der Waals surface area contributed by atoms with Crippen LogP contribution in [-0.2, 0) is 19.9 Å². The van der Waals surface area contributed by atoms with E-state index in [4.69, 9.17) is 9.47 Å². The summed E-state index contributed by atoms with van der Waals surface area (Å²) in [6.45, 7) is 4.50. The molecule has 0 aliphatic carbocycles. The molecule has 0 fully saturated rings. The van der Waals surface area contributed by atoms with Crippen LogP contribution in [0.1, 0.15) is 32.3 Å². The van der Waals surface area contributed by atoms with E-state index in [1.54, 1.807) is 0 Å². The molecule has 1 atom stereocenters. The average molecular weight is 246 g/mol. The van der Waals surface area contributed by atoms with Crippen molar-refractivity contribution in [3.63, 3.8) is 0 Å². The lowest BCUT2D eigenvalue weighted by atomic mass is 9.85. The molecule has 2 rings (SSSR count). The average Bonchev–Trinajstić information content (AvgIpc) is 2.39. The minimum absolute atomic E-state index is 0.324. The summed E-state index contributed by atoms with van der Waals surface area (Å²) in [4.78, 5) is 11.7. The van der Waals surface area contributed by atoms with Gasteiger partial charge in [0.15, 0.2) is 0 Å². The van der Waals surface area contributed by atoms with Gasteiger partial charge in [0.25, 0.3) is 0 Å². The van der Waals surface area contributed by atoms with Gasteiger partial charge in [0, 0.05) is 6.42 Å². The summed E-state index contributed by atoms with van der Waals surface area (Å²) < 4.78 is 11.1. The fourth-order valence-corrected chi connectivity index (χ4v) is 2.30. The number of hydrogen-bond donors (Lipinski definition) is 0. The molecule has 0 saturated heterocycles. The molecule has 1 heterocycles. The maximum Gasteiger partial charge on any atom is 0.335 e. The van der Waals surface area contributed by atoms with Gasteiger partial charge in [0.05, 0.1) is 12.7 Å². The van der Waals surface area contributed by atoms with Crippen LogP contribution in [0.25, 0.3) is 0 Å². The second kappa shape index (κ2) is 5.25. The largest absolute Gasteiger partial charge is 0.498 e. The molecule has 3 heteroatoms. The van der Waals surface area contributed by atoms with Crippen LogP contribution in [-0.4, -0.2) is 12.6 Å². The van der Waals surface area contributed by atoms with Crippen molar-refractivity contribution < 1.29 is 14.3 Å². The highest BCUT2D eigenvalue weighted by Crippen LogP contribution is 2.39. The molecule has 0 N–H and O–H groups in total. The monoisotopic (exact) mass is 246 g/mol. The minimum Gasteiger partial charge on any atom is -0.498 e. The van der Waals surface area contributed by atoms with E-state index in [1.807, 2.05) is 44.2 Å². The highest BCUT2D eigenvalue weighted by atomic mass is 16.6. The number of benzene rings is 1. The first kappa shape index (κ1) is 12.7. The van der Waals surface area contributed by atoms with E-state index in [9.17, 15) is 4.79 Å². The second-order valence-electron chi connectivity index (χ2n) is 4.36. The van der Waals surface area contributed by atoms with E-state index >= 15 is 0 Å². The third-order valence-corrected chi connectivity index (χ3v) is 3.24. The zero-order valence-corrected chi connectivity index (χ0v) is 10.8. The summed E-state index contributed by atoms with van der Waals surface area (Å²) in [5.74, 6) is 0.384. The Morgan fingerprint density at radius 1 is 1.28 bits per heavy atom. The molecule has 1 unspecified atom stereocenters. The predicted octanol–water partition coefficient (Wildman–Crippen LogP) is 3.16. The third-order valence-electron chi connectivity index (χ3n) is 3.24. The van der Waals surface area contributed by atoms with Crippen molar-refractivity contribution in [1.82, 2.24) is 0 Å². The molecule has 1 aromatic carbocycles. The van der Waals surface area contributed by atoms with Crippen LogP contribution in [0.3, 0.4) is 0 Å². The molecule has 18 heavy (non-hydrogen) atoms. The van der Waals surface area contributed by atoms with Crippen molar-refractivity contribution in [1.29, 1.82) is 0 Å². The Morgan fingerprint density at radius 3 is 2.61 bits per heavy atom. The lowest BCUT2D eigenvalue weighted by Crippen LogP contribution is -2.35. The Morgan fingerprint density at radius 2 is 2.00 bits per heavy atom. The van der Waals surface area contributed by atoms with Crippen LogP contribution >= 0.6 is 0 Å². The van der Waals surface area contributed by atoms with Gasteiger partial charge in [0.2, 0.25) is 0 Å². The van der Waals surface area contributed by atoms with E-state index in [2.05, 4.69) is 0 Å². The van der Waals surface area contributed by atoms with Gasteiger partial charge in [-0.15, -0.1) is 0 Å². The SMILES string of the molecule is CCOC1=CC(=O)OC(CC)(c2ccccc2)C1. The van der Waals surface area contributed by atoms with E-state index in [1.165, 1.54) is 6.08 Å². The molecule has 0 aromatic heterocycles. The second-order valence-corrected chi connectivity index (χ2v) is 4.36. The smallest absolute Gasteiger partial charge is 0.335 e. The highest BCUT2D eigenvalue weighted by molar-refractivity contribution is 5.84. The number of ether oxygens (including phenoxy) is 2. The van der Waals surface area contributed by atoms with Crippen molar-refractivity contribution in [3.05, 3.63) is 47.7 Å². The number of rotatable bonds is 4. The Labute approximate surface area is 107 Å². The number of esters is 1. The normalized spacial score (nSPS) is 23.2. The van der Waals surface area contributed by atoms with Gasteiger partial charge in [-0.25, -0.2) is 4.79 Å². The summed E-state index contributed by atoms with van der Waals surface area (Å²) >= 11 is 0. The first-order chi connectivity index (χ1) is 8.70. The summed E-state index contributed by atoms with van der Waals surface area (Å²) in [5, 5.41) is 0. The summed E-state index contributed by atoms with van der Waals surface area (Å²) in [7, 11) is 0. The van der Waals surface area contributed by atoms with Gasteiger partial charge >= 0.3 is 5.97 Å². The van der Waals surface area contributed by atoms with Crippen LogP contribution < -0.4 is 0 Å². The van der Waals surface area contributed by atoms with Crippen molar-refractivity contribution in [2.45, 2.75) is 32.3 Å². The fourth-order valence-electron chi connectivity index (χ4n) is 2.30. The van der Waals surface area contributed by atoms with Gasteiger partial charge in [-0.05, 0) is 18.9 Å². The molecule has 1 aromatic rings. The zero-order valence-electron chi connectivity index (χ0n) is 10.8. The number of cyclic esters (lactones) is 1. The Bertz CT molecular complexity index is 450. The number of carbonyl (C=O) groups is 1. The Balaban J connectivity index is 2.34. The first-order valence-corrected chi connectivity index (χ1v) is 6.32. The molecule has 0 spiro atoms. The van der Waals surface area contributed by atoms with Crippen LogP contribution in [0, 0.1) is 0 Å². The topological polar surface area (TPSA) is 35.5 Å². The molecule has 0 amide bonds. The third kappa shape index (κ3) is 2.40. The summed E-state index contributed by atoms with van der Waals surface area (Å²) in [6.07, 6.45) is 2.78. The van der Waals surface area contributed by atoms with Crippen LogP contribution in [0.2, 0.25) is 0 Å². The molecule has 96 valence electrons. The maximum atomic E-state index is 11.7. The molecule has 0 saturated carbocycles. The van der Waals surface area contributed by atoms with E-state index in [0.717, 1.165) is 12.0 Å². The lowest BCUT2D eigenvalue weighted by molar-refractivity contribution is -0.159. The lowest BCUT2D eigenvalue weighted by Gasteiger charge is -2.36. The number of hydrogen-bond acceptors (Lipinski definition) is 3. The van der Waals surface area contributed by atoms with Crippen molar-refractivity contribution in [3.8, 4) is 0 Å². The summed E-state index contributed by atoms with van der Waals surface area (Å²) in [5.41, 5.74) is 0.434. The molecule has 1 aliphatic rings. The van der Waals surface area contributed by atoms with E-state index < -0.39 is 5.60 Å². The van der Waals surface area contributed by atoms with Crippen molar-refractivity contribution >= 4 is 5.97 Å². The highest BCUT2D eigenvalue weighted by Gasteiger charge is 2.39. The van der Waals surface area contributed by atoms with E-state index in [-0.39, 0.29) is 5.97 Å². The van der Waals surface area contributed by atoms with Gasteiger partial charge in [-0.3, -0.25) is 0 Å². The molecule has 0 radical (unpaired) electrons. The Kier molecular flexibility index (Phi) is 3.70. The van der Waals surface area contributed by atoms with Crippen molar-refractivity contribution in [2.24, 2.45) is 0 Å². The minimum atomic E-state index is -0.586. The Hall–Kier alpha value is -1.77. The number of carbonyl (C=O) groups excluding carboxylic acids is 1. The first-order valence-electron chi connectivity index (χ1n) is 6.32. The van der Waals surface area contributed by atoms with E-state index in [0.29, 0.717) is 18.8 Å².